The van der Waals surface area contributed by atoms with Crippen LogP contribution in [0.25, 0.3) is 0 Å². The second-order valence-electron chi connectivity index (χ2n) is 7.10. The summed E-state index contributed by atoms with van der Waals surface area (Å²) >= 11 is 0. The third kappa shape index (κ3) is 2.89. The Kier molecular flexibility index (Phi) is 3.95. The van der Waals surface area contributed by atoms with Crippen molar-refractivity contribution < 1.29 is 0 Å². The van der Waals surface area contributed by atoms with Gasteiger partial charge in [0.05, 0.1) is 11.7 Å². The maximum absolute atomic E-state index is 4.67. The van der Waals surface area contributed by atoms with E-state index in [0.717, 1.165) is 31.7 Å². The maximum atomic E-state index is 4.67. The first kappa shape index (κ1) is 16.1. The second kappa shape index (κ2) is 6.15. The first-order valence-electron chi connectivity index (χ1n) is 8.81. The summed E-state index contributed by atoms with van der Waals surface area (Å²) in [5.74, 6) is 0. The highest BCUT2D eigenvalue weighted by atomic mass is 15.5. The summed E-state index contributed by atoms with van der Waals surface area (Å²) in [5, 5.41) is 12.5. The van der Waals surface area contributed by atoms with Gasteiger partial charge in [0, 0.05) is 36.7 Å². The molecule has 0 bridgehead atoms. The fraction of sp³-hybridized carbons (Fsp3) is 0.500. The van der Waals surface area contributed by atoms with Gasteiger partial charge in [-0.15, -0.1) is 10.2 Å². The van der Waals surface area contributed by atoms with Gasteiger partial charge < -0.3 is 0 Å². The molecule has 1 unspecified atom stereocenters. The Balaban J connectivity index is 1.50. The molecule has 1 aliphatic heterocycles. The molecule has 1 saturated heterocycles. The molecule has 0 amide bonds. The monoisotopic (exact) mass is 339 g/mol. The zero-order chi connectivity index (χ0) is 17.6. The van der Waals surface area contributed by atoms with Crippen LogP contribution in [0, 0.1) is 27.7 Å². The van der Waals surface area contributed by atoms with Crippen molar-refractivity contribution in [3.05, 3.63) is 53.1 Å². The lowest BCUT2D eigenvalue weighted by Crippen LogP contribution is -2.22. The average Bonchev–Trinajstić information content (AvgIpc) is 3.31. The Bertz CT molecular complexity index is 872. The minimum atomic E-state index is 0.482. The summed E-state index contributed by atoms with van der Waals surface area (Å²) in [7, 11) is 0. The van der Waals surface area contributed by atoms with E-state index >= 15 is 0 Å². The van der Waals surface area contributed by atoms with Crippen LogP contribution in [0.2, 0.25) is 0 Å². The Morgan fingerprint density at radius 3 is 2.48 bits per heavy atom. The van der Waals surface area contributed by atoms with Gasteiger partial charge in [-0.05, 0) is 51.8 Å². The molecule has 7 nitrogen and oxygen atoms in total. The molecular weight excluding hydrogens is 314 g/mol. The minimum absolute atomic E-state index is 0.482. The van der Waals surface area contributed by atoms with Crippen molar-refractivity contribution in [3.8, 4) is 0 Å². The predicted octanol–water partition coefficient (Wildman–Crippen LogP) is 2.27. The van der Waals surface area contributed by atoms with Crippen LogP contribution in [-0.4, -0.2) is 47.3 Å². The molecule has 3 aromatic heterocycles. The lowest BCUT2D eigenvalue weighted by atomic mass is 10.2. The number of aryl methyl sites for hydroxylation is 3. The van der Waals surface area contributed by atoms with Gasteiger partial charge in [-0.2, -0.15) is 5.10 Å². The first-order chi connectivity index (χ1) is 12.0. The van der Waals surface area contributed by atoms with E-state index in [1.54, 1.807) is 12.7 Å². The molecule has 3 aromatic rings. The summed E-state index contributed by atoms with van der Waals surface area (Å²) in [5.41, 5.74) is 6.16. The quantitative estimate of drug-likeness (QED) is 0.732. The van der Waals surface area contributed by atoms with Crippen LogP contribution in [0.3, 0.4) is 0 Å². The van der Waals surface area contributed by atoms with Crippen LogP contribution in [0.5, 0.6) is 0 Å². The lowest BCUT2D eigenvalue weighted by Gasteiger charge is -2.17. The van der Waals surface area contributed by atoms with E-state index in [1.807, 2.05) is 4.68 Å². The highest BCUT2D eigenvalue weighted by molar-refractivity contribution is 5.27. The normalized spacial score (nSPS) is 18.3. The molecule has 0 aliphatic carbocycles. The SMILES string of the molecule is Cc1cc(C)n(C2CCN(Cc3cc(C)n(-n4cnnc4)c3C)C2)n1. The van der Waals surface area contributed by atoms with Crippen LogP contribution >= 0.6 is 0 Å². The van der Waals surface area contributed by atoms with Gasteiger partial charge in [0.15, 0.2) is 0 Å². The molecule has 1 aliphatic rings. The molecule has 0 N–H and O–H groups in total. The third-order valence-electron chi connectivity index (χ3n) is 5.17. The van der Waals surface area contributed by atoms with Crippen molar-refractivity contribution in [1.29, 1.82) is 0 Å². The number of hydrogen-bond donors (Lipinski definition) is 0. The topological polar surface area (TPSA) is 56.7 Å². The van der Waals surface area contributed by atoms with Crippen molar-refractivity contribution >= 4 is 0 Å². The number of rotatable bonds is 4. The van der Waals surface area contributed by atoms with Crippen LogP contribution in [-0.2, 0) is 6.54 Å². The van der Waals surface area contributed by atoms with Crippen molar-refractivity contribution in [2.45, 2.75) is 46.7 Å². The molecule has 1 atom stereocenters. The summed E-state index contributed by atoms with van der Waals surface area (Å²) < 4.78 is 6.29. The molecule has 0 radical (unpaired) electrons. The predicted molar refractivity (Wildman–Crippen MR) is 95.4 cm³/mol. The largest absolute Gasteiger partial charge is 0.297 e. The van der Waals surface area contributed by atoms with Gasteiger partial charge in [0.2, 0.25) is 0 Å². The molecule has 7 heteroatoms. The van der Waals surface area contributed by atoms with Crippen molar-refractivity contribution in [3.63, 3.8) is 0 Å². The van der Waals surface area contributed by atoms with Crippen molar-refractivity contribution in [1.82, 2.24) is 34.2 Å². The minimum Gasteiger partial charge on any atom is -0.297 e. The molecule has 0 spiro atoms. The fourth-order valence-electron chi connectivity index (χ4n) is 4.04. The van der Waals surface area contributed by atoms with E-state index < -0.39 is 0 Å². The summed E-state index contributed by atoms with van der Waals surface area (Å²) in [6.07, 6.45) is 4.63. The van der Waals surface area contributed by atoms with E-state index in [1.165, 1.54) is 22.6 Å². The van der Waals surface area contributed by atoms with Gasteiger partial charge in [-0.3, -0.25) is 14.3 Å². The number of likely N-dealkylation sites (tertiary alicyclic amines) is 1. The van der Waals surface area contributed by atoms with Crippen LogP contribution in [0.1, 0.15) is 40.8 Å². The van der Waals surface area contributed by atoms with Gasteiger partial charge in [0.1, 0.15) is 12.7 Å². The molecule has 1 fully saturated rings. The van der Waals surface area contributed by atoms with Crippen LogP contribution in [0.15, 0.2) is 24.8 Å². The standard InChI is InChI=1S/C18H25N7/c1-13-7-14(2)24(21-13)18-5-6-22(10-18)9-17-8-15(3)25(16(17)4)23-11-19-20-12-23/h7-8,11-12,18H,5-6,9-10H2,1-4H3. The maximum Gasteiger partial charge on any atom is 0.139 e. The van der Waals surface area contributed by atoms with Gasteiger partial charge in [-0.25, -0.2) is 4.68 Å². The molecule has 4 heterocycles. The highest BCUT2D eigenvalue weighted by Crippen LogP contribution is 2.26. The highest BCUT2D eigenvalue weighted by Gasteiger charge is 2.26. The Morgan fingerprint density at radius 1 is 1.04 bits per heavy atom. The molecule has 0 aromatic carbocycles. The number of hydrogen-bond acceptors (Lipinski definition) is 4. The van der Waals surface area contributed by atoms with E-state index in [2.05, 4.69) is 69.4 Å². The fourth-order valence-corrected chi connectivity index (χ4v) is 4.04. The molecule has 4 rings (SSSR count). The van der Waals surface area contributed by atoms with Gasteiger partial charge in [-0.1, -0.05) is 0 Å². The van der Waals surface area contributed by atoms with E-state index in [4.69, 9.17) is 0 Å². The van der Waals surface area contributed by atoms with E-state index in [0.29, 0.717) is 6.04 Å². The summed E-state index contributed by atoms with van der Waals surface area (Å²) in [6.45, 7) is 11.6. The first-order valence-corrected chi connectivity index (χ1v) is 8.81. The zero-order valence-electron chi connectivity index (χ0n) is 15.3. The number of nitrogens with zero attached hydrogens (tertiary/aromatic N) is 7. The van der Waals surface area contributed by atoms with Crippen molar-refractivity contribution in [2.75, 3.05) is 13.1 Å². The number of aromatic nitrogens is 6. The smallest absolute Gasteiger partial charge is 0.139 e. The van der Waals surface area contributed by atoms with Crippen LogP contribution < -0.4 is 0 Å². The van der Waals surface area contributed by atoms with Gasteiger partial charge >= 0.3 is 0 Å². The molecule has 25 heavy (non-hydrogen) atoms. The Morgan fingerprint density at radius 2 is 1.80 bits per heavy atom. The van der Waals surface area contributed by atoms with Gasteiger partial charge in [0.25, 0.3) is 0 Å². The molecule has 0 saturated carbocycles. The van der Waals surface area contributed by atoms with Crippen molar-refractivity contribution in [2.24, 2.45) is 0 Å². The summed E-state index contributed by atoms with van der Waals surface area (Å²) in [4.78, 5) is 2.53. The molecular formula is C18H25N7. The second-order valence-corrected chi connectivity index (χ2v) is 7.10. The Labute approximate surface area is 147 Å². The van der Waals surface area contributed by atoms with E-state index in [-0.39, 0.29) is 0 Å². The third-order valence-corrected chi connectivity index (χ3v) is 5.17. The summed E-state index contributed by atoms with van der Waals surface area (Å²) in [6, 6.07) is 4.91. The molecule has 132 valence electrons. The lowest BCUT2D eigenvalue weighted by molar-refractivity contribution is 0.309. The zero-order valence-corrected chi connectivity index (χ0v) is 15.3. The average molecular weight is 339 g/mol. The van der Waals surface area contributed by atoms with Crippen LogP contribution in [0.4, 0.5) is 0 Å². The Hall–Kier alpha value is -2.41. The van der Waals surface area contributed by atoms with E-state index in [9.17, 15) is 0 Å².